The molecule has 0 saturated carbocycles. The summed E-state index contributed by atoms with van der Waals surface area (Å²) in [5, 5.41) is 19.0. The number of aromatic amines is 2. The van der Waals surface area contributed by atoms with Gasteiger partial charge in [0.1, 0.15) is 23.1 Å². The van der Waals surface area contributed by atoms with Gasteiger partial charge < -0.3 is 20.7 Å². The van der Waals surface area contributed by atoms with Crippen molar-refractivity contribution in [3.05, 3.63) is 67.1 Å². The van der Waals surface area contributed by atoms with Gasteiger partial charge in [-0.2, -0.15) is 5.10 Å². The average Bonchev–Trinajstić information content (AvgIpc) is 3.49. The summed E-state index contributed by atoms with van der Waals surface area (Å²) in [6.45, 7) is 1.52. The number of aromatic hydroxyl groups is 1. The van der Waals surface area contributed by atoms with Crippen LogP contribution in [0.15, 0.2) is 61.3 Å². The van der Waals surface area contributed by atoms with Gasteiger partial charge in [0.15, 0.2) is 5.65 Å². The Morgan fingerprint density at radius 2 is 1.81 bits per heavy atom. The normalized spacial score (nSPS) is 13.9. The van der Waals surface area contributed by atoms with E-state index in [1.807, 2.05) is 12.1 Å². The van der Waals surface area contributed by atoms with Gasteiger partial charge in [0, 0.05) is 59.5 Å². The first-order valence-electron chi connectivity index (χ1n) is 11.7. The third-order valence-corrected chi connectivity index (χ3v) is 6.56. The van der Waals surface area contributed by atoms with E-state index in [-0.39, 0.29) is 11.8 Å². The van der Waals surface area contributed by atoms with Crippen molar-refractivity contribution in [1.82, 2.24) is 35.1 Å². The molecule has 1 saturated heterocycles. The van der Waals surface area contributed by atoms with Crippen molar-refractivity contribution in [3.8, 4) is 39.5 Å². The van der Waals surface area contributed by atoms with Gasteiger partial charge >= 0.3 is 0 Å². The van der Waals surface area contributed by atoms with Crippen molar-refractivity contribution in [3.63, 3.8) is 0 Å². The standard InChI is InChI=1S/C26H20FN9O/c27-15-1-13(2-17(37)4-15)20-7-29-9-23-18(20)5-21(32-23)25-19-3-14(6-31-26(19)35-34-25)22-8-30-10-24(33-22)36-11-16(28)12-36/h1-10,16,32,37H,11-12,28H2,(H,31,34,35). The molecule has 37 heavy (non-hydrogen) atoms. The summed E-state index contributed by atoms with van der Waals surface area (Å²) >= 11 is 0. The van der Waals surface area contributed by atoms with Crippen molar-refractivity contribution in [2.45, 2.75) is 6.04 Å². The molecule has 1 aromatic carbocycles. The van der Waals surface area contributed by atoms with E-state index in [4.69, 9.17) is 10.7 Å². The maximum Gasteiger partial charge on any atom is 0.155 e. The lowest BCUT2D eigenvalue weighted by Gasteiger charge is -2.37. The minimum absolute atomic E-state index is 0.149. The van der Waals surface area contributed by atoms with Crippen LogP contribution in [0.3, 0.4) is 0 Å². The SMILES string of the molecule is NC1CN(c2cncc(-c3cnc4[nH]nc(-c5cc6c(-c7cc(O)cc(F)c7)cncc6[nH]5)c4c3)n2)C1. The molecule has 1 aliphatic rings. The van der Waals surface area contributed by atoms with E-state index >= 15 is 0 Å². The third-order valence-electron chi connectivity index (χ3n) is 6.56. The molecule has 0 bridgehead atoms. The molecule has 0 unspecified atom stereocenters. The Kier molecular flexibility index (Phi) is 4.66. The molecule has 5 aromatic heterocycles. The first-order chi connectivity index (χ1) is 18.0. The van der Waals surface area contributed by atoms with E-state index < -0.39 is 5.82 Å². The van der Waals surface area contributed by atoms with E-state index in [1.54, 1.807) is 31.0 Å². The topological polar surface area (TPSA) is 146 Å². The van der Waals surface area contributed by atoms with Gasteiger partial charge in [-0.05, 0) is 29.8 Å². The van der Waals surface area contributed by atoms with Crippen molar-refractivity contribution in [2.75, 3.05) is 18.0 Å². The average molecular weight is 494 g/mol. The number of H-pyrrole nitrogens is 2. The number of phenolic OH excluding ortho intramolecular Hbond substituents is 1. The van der Waals surface area contributed by atoms with Crippen LogP contribution in [-0.2, 0) is 0 Å². The van der Waals surface area contributed by atoms with Crippen molar-refractivity contribution in [2.24, 2.45) is 5.73 Å². The Hall–Kier alpha value is -4.90. The lowest BCUT2D eigenvalue weighted by Crippen LogP contribution is -2.56. The second kappa shape index (κ2) is 8.07. The predicted molar refractivity (Wildman–Crippen MR) is 137 cm³/mol. The summed E-state index contributed by atoms with van der Waals surface area (Å²) in [5.41, 5.74) is 11.4. The van der Waals surface area contributed by atoms with Crippen LogP contribution in [0.4, 0.5) is 10.2 Å². The van der Waals surface area contributed by atoms with Crippen LogP contribution < -0.4 is 10.6 Å². The Morgan fingerprint density at radius 1 is 0.946 bits per heavy atom. The minimum Gasteiger partial charge on any atom is -0.508 e. The molecular formula is C26H20FN9O. The molecule has 6 aromatic rings. The number of nitrogens with two attached hydrogens (primary N) is 1. The fourth-order valence-electron chi connectivity index (χ4n) is 4.73. The molecule has 11 heteroatoms. The van der Waals surface area contributed by atoms with Crippen LogP contribution in [0.25, 0.3) is 55.7 Å². The Morgan fingerprint density at radius 3 is 2.65 bits per heavy atom. The number of fused-ring (bicyclic) bond motifs is 2. The molecule has 7 rings (SSSR count). The molecule has 0 atom stereocenters. The highest BCUT2D eigenvalue weighted by Crippen LogP contribution is 2.35. The number of nitrogens with zero attached hydrogens (tertiary/aromatic N) is 6. The predicted octanol–water partition coefficient (Wildman–Crippen LogP) is 3.62. The molecule has 0 aliphatic carbocycles. The second-order valence-corrected chi connectivity index (χ2v) is 9.15. The molecule has 1 fully saturated rings. The molecule has 10 nitrogen and oxygen atoms in total. The van der Waals surface area contributed by atoms with Crippen LogP contribution in [0, 0.1) is 5.82 Å². The number of hydrogen-bond acceptors (Lipinski definition) is 8. The fourth-order valence-corrected chi connectivity index (χ4v) is 4.73. The first kappa shape index (κ1) is 21.4. The number of nitrogens with one attached hydrogen (secondary N) is 2. The third kappa shape index (κ3) is 3.64. The maximum atomic E-state index is 14.0. The van der Waals surface area contributed by atoms with E-state index in [0.717, 1.165) is 52.5 Å². The molecule has 0 radical (unpaired) electrons. The number of hydrogen-bond donors (Lipinski definition) is 4. The summed E-state index contributed by atoms with van der Waals surface area (Å²) < 4.78 is 14.0. The molecule has 6 heterocycles. The van der Waals surface area contributed by atoms with Gasteiger partial charge in [-0.3, -0.25) is 15.1 Å². The van der Waals surface area contributed by atoms with Crippen molar-refractivity contribution < 1.29 is 9.50 Å². The van der Waals surface area contributed by atoms with Gasteiger partial charge in [0.2, 0.25) is 0 Å². The molecule has 1 aliphatic heterocycles. The van der Waals surface area contributed by atoms with Gasteiger partial charge in [-0.15, -0.1) is 0 Å². The van der Waals surface area contributed by atoms with Gasteiger partial charge in [0.25, 0.3) is 0 Å². The Balaban J connectivity index is 1.31. The van der Waals surface area contributed by atoms with Crippen LogP contribution in [0.2, 0.25) is 0 Å². The highest BCUT2D eigenvalue weighted by atomic mass is 19.1. The highest BCUT2D eigenvalue weighted by molar-refractivity contribution is 6.00. The lowest BCUT2D eigenvalue weighted by atomic mass is 10.0. The fraction of sp³-hybridized carbons (Fsp3) is 0.115. The molecular weight excluding hydrogens is 473 g/mol. The van der Waals surface area contributed by atoms with Gasteiger partial charge in [-0.1, -0.05) is 0 Å². The van der Waals surface area contributed by atoms with Crippen molar-refractivity contribution >= 4 is 27.8 Å². The highest BCUT2D eigenvalue weighted by Gasteiger charge is 2.25. The van der Waals surface area contributed by atoms with E-state index in [0.29, 0.717) is 28.2 Å². The monoisotopic (exact) mass is 493 g/mol. The van der Waals surface area contributed by atoms with Crippen LogP contribution in [0.1, 0.15) is 0 Å². The zero-order chi connectivity index (χ0) is 25.1. The molecule has 0 amide bonds. The Labute approximate surface area is 209 Å². The molecule has 182 valence electrons. The van der Waals surface area contributed by atoms with Crippen LogP contribution >= 0.6 is 0 Å². The van der Waals surface area contributed by atoms with E-state index in [9.17, 15) is 9.50 Å². The Bertz CT molecular complexity index is 1790. The summed E-state index contributed by atoms with van der Waals surface area (Å²) in [4.78, 5) is 23.4. The zero-order valence-electron chi connectivity index (χ0n) is 19.4. The molecule has 0 spiro atoms. The number of phenols is 1. The number of anilines is 1. The summed E-state index contributed by atoms with van der Waals surface area (Å²) in [7, 11) is 0. The number of benzene rings is 1. The van der Waals surface area contributed by atoms with E-state index in [2.05, 4.69) is 35.0 Å². The first-order valence-corrected chi connectivity index (χ1v) is 11.7. The van der Waals surface area contributed by atoms with Gasteiger partial charge in [0.05, 0.1) is 35.5 Å². The molecule has 5 N–H and O–H groups in total. The summed E-state index contributed by atoms with van der Waals surface area (Å²) in [6.07, 6.45) is 8.53. The minimum atomic E-state index is -0.524. The largest absolute Gasteiger partial charge is 0.508 e. The quantitative estimate of drug-likeness (QED) is 0.291. The smallest absolute Gasteiger partial charge is 0.155 e. The van der Waals surface area contributed by atoms with Gasteiger partial charge in [-0.25, -0.2) is 14.4 Å². The van der Waals surface area contributed by atoms with Crippen LogP contribution in [-0.4, -0.2) is 59.4 Å². The second-order valence-electron chi connectivity index (χ2n) is 9.15. The lowest BCUT2D eigenvalue weighted by molar-refractivity contribution is 0.469. The van der Waals surface area contributed by atoms with Crippen molar-refractivity contribution in [1.29, 1.82) is 0 Å². The summed E-state index contributed by atoms with van der Waals surface area (Å²) in [5.74, 6) is 0.110. The zero-order valence-corrected chi connectivity index (χ0v) is 19.4. The summed E-state index contributed by atoms with van der Waals surface area (Å²) in [6, 6.07) is 8.02. The van der Waals surface area contributed by atoms with E-state index in [1.165, 1.54) is 12.1 Å². The number of halogens is 1. The number of rotatable bonds is 4. The number of aromatic nitrogens is 7. The maximum absolute atomic E-state index is 14.0. The number of pyridine rings is 2. The van der Waals surface area contributed by atoms with Crippen LogP contribution in [0.5, 0.6) is 5.75 Å².